The first-order valence-corrected chi connectivity index (χ1v) is 9.43. The second-order valence-corrected chi connectivity index (χ2v) is 7.18. The lowest BCUT2D eigenvalue weighted by atomic mass is 9.86. The molecule has 5 nitrogen and oxygen atoms in total. The van der Waals surface area contributed by atoms with Gasteiger partial charge in [0.05, 0.1) is 23.5 Å². The van der Waals surface area contributed by atoms with Crippen LogP contribution in [0.25, 0.3) is 11.3 Å². The second kappa shape index (κ2) is 8.04. The van der Waals surface area contributed by atoms with Gasteiger partial charge >= 0.3 is 6.18 Å². The second-order valence-electron chi connectivity index (χ2n) is 7.18. The van der Waals surface area contributed by atoms with Crippen LogP contribution in [0.4, 0.5) is 24.7 Å². The van der Waals surface area contributed by atoms with E-state index in [2.05, 4.69) is 15.3 Å². The van der Waals surface area contributed by atoms with Gasteiger partial charge in [-0.1, -0.05) is 24.3 Å². The van der Waals surface area contributed by atoms with Crippen molar-refractivity contribution in [3.8, 4) is 11.3 Å². The van der Waals surface area contributed by atoms with Crippen LogP contribution in [0.3, 0.4) is 0 Å². The first-order valence-electron chi connectivity index (χ1n) is 9.43. The van der Waals surface area contributed by atoms with Gasteiger partial charge in [-0.2, -0.15) is 13.2 Å². The van der Waals surface area contributed by atoms with Crippen LogP contribution in [0.5, 0.6) is 0 Å². The topological polar surface area (TPSA) is 67.3 Å². The third-order valence-electron chi connectivity index (χ3n) is 5.28. The highest BCUT2D eigenvalue weighted by Gasteiger charge is 2.30. The Bertz CT molecular complexity index is 1040. The molecule has 0 radical (unpaired) electrons. The number of rotatable bonds is 4. The van der Waals surface area contributed by atoms with Crippen LogP contribution in [0.15, 0.2) is 54.9 Å². The molecule has 2 atom stereocenters. The van der Waals surface area contributed by atoms with Gasteiger partial charge in [0.1, 0.15) is 12.1 Å². The minimum atomic E-state index is -4.38. The van der Waals surface area contributed by atoms with E-state index in [0.29, 0.717) is 29.9 Å². The molecule has 8 heteroatoms. The maximum Gasteiger partial charge on any atom is 0.416 e. The molecule has 0 aliphatic heterocycles. The van der Waals surface area contributed by atoms with Crippen LogP contribution in [0, 0.1) is 0 Å². The number of anilines is 2. The van der Waals surface area contributed by atoms with Crippen LogP contribution >= 0.6 is 0 Å². The molecule has 3 aromatic rings. The number of aliphatic hydroxyl groups excluding tert-OH is 1. The van der Waals surface area contributed by atoms with E-state index in [1.807, 2.05) is 18.2 Å². The molecule has 0 fully saturated rings. The fourth-order valence-corrected chi connectivity index (χ4v) is 3.67. The first-order chi connectivity index (χ1) is 14.3. The summed E-state index contributed by atoms with van der Waals surface area (Å²) >= 11 is 0. The fraction of sp³-hybridized carbons (Fsp3) is 0.273. The monoisotopic (exact) mass is 415 g/mol. The molecule has 2 N–H and O–H groups in total. The van der Waals surface area contributed by atoms with Crippen molar-refractivity contribution < 1.29 is 23.0 Å². The fourth-order valence-electron chi connectivity index (χ4n) is 3.67. The quantitative estimate of drug-likeness (QED) is 0.662. The molecule has 30 heavy (non-hydrogen) atoms. The van der Waals surface area contributed by atoms with Crippen molar-refractivity contribution >= 4 is 11.5 Å². The third-order valence-corrected chi connectivity index (χ3v) is 5.28. The van der Waals surface area contributed by atoms with Gasteiger partial charge in [0, 0.05) is 37.3 Å². The SMILES string of the molecule is CO[C@H]1Cc2c(cccc2Nc2cc(-c3ccc(C(F)(F)F)cc3)ncn2)C[C@@H]1O. The highest BCUT2D eigenvalue weighted by Crippen LogP contribution is 2.33. The molecule has 4 rings (SSSR count). The van der Waals surface area contributed by atoms with Crippen LogP contribution in [-0.4, -0.2) is 34.4 Å². The van der Waals surface area contributed by atoms with Gasteiger partial charge in [-0.15, -0.1) is 0 Å². The zero-order valence-corrected chi connectivity index (χ0v) is 16.1. The number of aliphatic hydroxyl groups is 1. The predicted molar refractivity (Wildman–Crippen MR) is 106 cm³/mol. The number of methoxy groups -OCH3 is 1. The predicted octanol–water partition coefficient (Wildman–Crippen LogP) is 4.38. The Morgan fingerprint density at radius 1 is 1.07 bits per heavy atom. The summed E-state index contributed by atoms with van der Waals surface area (Å²) in [5, 5.41) is 13.5. The zero-order valence-electron chi connectivity index (χ0n) is 16.1. The van der Waals surface area contributed by atoms with Gasteiger partial charge in [-0.3, -0.25) is 0 Å². The molecule has 0 amide bonds. The molecular formula is C22H20F3N3O2. The highest BCUT2D eigenvalue weighted by molar-refractivity contribution is 5.68. The summed E-state index contributed by atoms with van der Waals surface area (Å²) in [7, 11) is 1.58. The van der Waals surface area contributed by atoms with E-state index in [9.17, 15) is 18.3 Å². The largest absolute Gasteiger partial charge is 0.416 e. The average Bonchev–Trinajstić information content (AvgIpc) is 2.73. The van der Waals surface area contributed by atoms with Gasteiger partial charge in [0.25, 0.3) is 0 Å². The Morgan fingerprint density at radius 3 is 2.53 bits per heavy atom. The van der Waals surface area contributed by atoms with E-state index < -0.39 is 17.8 Å². The van der Waals surface area contributed by atoms with Crippen molar-refractivity contribution in [2.75, 3.05) is 12.4 Å². The average molecular weight is 415 g/mol. The van der Waals surface area contributed by atoms with E-state index in [0.717, 1.165) is 28.9 Å². The van der Waals surface area contributed by atoms with Crippen LogP contribution < -0.4 is 5.32 Å². The number of aromatic nitrogens is 2. The third kappa shape index (κ3) is 4.15. The standard InChI is InChI=1S/C22H20F3N3O2/c1-30-20-10-16-14(9-19(20)29)3-2-4-17(16)28-21-11-18(26-12-27-21)13-5-7-15(8-6-13)22(23,24)25/h2-8,11-12,19-20,29H,9-10H2,1H3,(H,26,27,28)/t19-,20-/m0/s1. The minimum absolute atomic E-state index is 0.284. The van der Waals surface area contributed by atoms with E-state index in [1.54, 1.807) is 13.2 Å². The molecule has 0 unspecified atom stereocenters. The summed E-state index contributed by atoms with van der Waals surface area (Å²) in [5.74, 6) is 0.522. The first kappa shape index (κ1) is 20.3. The molecule has 0 saturated carbocycles. The smallest absolute Gasteiger partial charge is 0.390 e. The van der Waals surface area contributed by atoms with E-state index >= 15 is 0 Å². The van der Waals surface area contributed by atoms with Gasteiger partial charge < -0.3 is 15.2 Å². The summed E-state index contributed by atoms with van der Waals surface area (Å²) in [5.41, 5.74) is 3.30. The molecule has 1 heterocycles. The lowest BCUT2D eigenvalue weighted by Crippen LogP contribution is -2.36. The van der Waals surface area contributed by atoms with Crippen molar-refractivity contribution in [2.24, 2.45) is 0 Å². The lowest BCUT2D eigenvalue weighted by Gasteiger charge is -2.30. The Hall–Kier alpha value is -2.97. The maximum absolute atomic E-state index is 12.8. The van der Waals surface area contributed by atoms with Crippen molar-refractivity contribution in [1.82, 2.24) is 9.97 Å². The Balaban J connectivity index is 1.60. The van der Waals surface area contributed by atoms with Crippen molar-refractivity contribution in [3.05, 3.63) is 71.5 Å². The number of alkyl halides is 3. The lowest BCUT2D eigenvalue weighted by molar-refractivity contribution is -0.137. The molecule has 0 spiro atoms. The Kier molecular flexibility index (Phi) is 5.44. The van der Waals surface area contributed by atoms with E-state index in [4.69, 9.17) is 4.74 Å². The van der Waals surface area contributed by atoms with E-state index in [-0.39, 0.29) is 6.10 Å². The molecule has 1 aliphatic carbocycles. The van der Waals surface area contributed by atoms with Crippen molar-refractivity contribution in [3.63, 3.8) is 0 Å². The number of nitrogens with zero attached hydrogens (tertiary/aromatic N) is 2. The molecule has 156 valence electrons. The summed E-state index contributed by atoms with van der Waals surface area (Å²) < 4.78 is 43.7. The van der Waals surface area contributed by atoms with Crippen molar-refractivity contribution in [2.45, 2.75) is 31.2 Å². The Labute approximate surface area is 171 Å². The number of fused-ring (bicyclic) bond motifs is 1. The van der Waals surface area contributed by atoms with Crippen molar-refractivity contribution in [1.29, 1.82) is 0 Å². The number of hydrogen-bond donors (Lipinski definition) is 2. The normalized spacial score (nSPS) is 18.7. The number of benzene rings is 2. The Morgan fingerprint density at radius 2 is 1.83 bits per heavy atom. The molecule has 2 aromatic carbocycles. The number of ether oxygens (including phenoxy) is 1. The van der Waals surface area contributed by atoms with Crippen LogP contribution in [0.2, 0.25) is 0 Å². The maximum atomic E-state index is 12.8. The summed E-state index contributed by atoms with van der Waals surface area (Å²) in [6.07, 6.45) is -2.78. The number of halogens is 3. The zero-order chi connectivity index (χ0) is 21.3. The van der Waals surface area contributed by atoms with Gasteiger partial charge in [-0.05, 0) is 29.3 Å². The molecular weight excluding hydrogens is 395 g/mol. The van der Waals surface area contributed by atoms with E-state index in [1.165, 1.54) is 18.5 Å². The number of nitrogens with one attached hydrogen (secondary N) is 1. The number of hydrogen-bond acceptors (Lipinski definition) is 5. The highest BCUT2D eigenvalue weighted by atomic mass is 19.4. The minimum Gasteiger partial charge on any atom is -0.390 e. The van der Waals surface area contributed by atoms with Crippen LogP contribution in [0.1, 0.15) is 16.7 Å². The van der Waals surface area contributed by atoms with Crippen LogP contribution in [-0.2, 0) is 23.8 Å². The summed E-state index contributed by atoms with van der Waals surface area (Å²) in [6.45, 7) is 0. The van der Waals surface area contributed by atoms with Gasteiger partial charge in [-0.25, -0.2) is 9.97 Å². The van der Waals surface area contributed by atoms with Gasteiger partial charge in [0.15, 0.2) is 0 Å². The van der Waals surface area contributed by atoms with Gasteiger partial charge in [0.2, 0.25) is 0 Å². The molecule has 1 aliphatic rings. The summed E-state index contributed by atoms with van der Waals surface area (Å²) in [4.78, 5) is 8.42. The summed E-state index contributed by atoms with van der Waals surface area (Å²) in [6, 6.07) is 12.3. The molecule has 1 aromatic heterocycles. The molecule has 0 bridgehead atoms. The molecule has 0 saturated heterocycles.